The summed E-state index contributed by atoms with van der Waals surface area (Å²) >= 11 is 11.6. The van der Waals surface area contributed by atoms with Gasteiger partial charge in [-0.2, -0.15) is 5.26 Å². The number of rotatable bonds is 6. The van der Waals surface area contributed by atoms with E-state index in [1.165, 1.54) is 18.2 Å². The van der Waals surface area contributed by atoms with Gasteiger partial charge in [-0.25, -0.2) is 4.39 Å². The van der Waals surface area contributed by atoms with Crippen LogP contribution in [-0.2, 0) is 11.4 Å². The Kier molecular flexibility index (Phi) is 8.07. The van der Waals surface area contributed by atoms with Crippen molar-refractivity contribution in [1.82, 2.24) is 0 Å². The summed E-state index contributed by atoms with van der Waals surface area (Å²) in [6, 6.07) is 18.3. The van der Waals surface area contributed by atoms with E-state index in [0.29, 0.717) is 26.5 Å². The standard InChI is InChI=1S/C23H14BrClFIN2O2/c24-18-10-15(9-16(12-28)23(30)29-21-4-2-1-3-19(21)25)11-20(27)22(18)31-13-14-5-7-17(26)8-6-14/h1-11H,13H2,(H,29,30)/b16-9+. The fraction of sp³-hybridized carbons (Fsp3) is 0.0435. The molecule has 0 atom stereocenters. The molecule has 3 aromatic carbocycles. The number of nitriles is 1. The molecule has 0 unspecified atom stereocenters. The maximum absolute atomic E-state index is 13.0. The van der Waals surface area contributed by atoms with E-state index in [9.17, 15) is 14.4 Å². The van der Waals surface area contributed by atoms with Gasteiger partial charge in [-0.3, -0.25) is 4.79 Å². The molecule has 0 heterocycles. The molecule has 0 spiro atoms. The van der Waals surface area contributed by atoms with Crippen LogP contribution in [0.4, 0.5) is 10.1 Å². The number of hydrogen-bond acceptors (Lipinski definition) is 3. The zero-order chi connectivity index (χ0) is 22.4. The van der Waals surface area contributed by atoms with Crippen LogP contribution in [0.2, 0.25) is 5.02 Å². The molecule has 3 rings (SSSR count). The predicted molar refractivity (Wildman–Crippen MR) is 131 cm³/mol. The smallest absolute Gasteiger partial charge is 0.266 e. The summed E-state index contributed by atoms with van der Waals surface area (Å²) in [5, 5.41) is 12.5. The third-order valence-corrected chi connectivity index (χ3v) is 5.84. The molecule has 8 heteroatoms. The van der Waals surface area contributed by atoms with Gasteiger partial charge < -0.3 is 10.1 Å². The van der Waals surface area contributed by atoms with Crippen molar-refractivity contribution in [3.63, 3.8) is 0 Å². The number of benzene rings is 3. The third kappa shape index (κ3) is 6.29. The van der Waals surface area contributed by atoms with E-state index in [0.717, 1.165) is 9.13 Å². The molecule has 4 nitrogen and oxygen atoms in total. The van der Waals surface area contributed by atoms with Crippen LogP contribution in [0.25, 0.3) is 6.08 Å². The van der Waals surface area contributed by atoms with Crippen molar-refractivity contribution < 1.29 is 13.9 Å². The number of halogens is 4. The van der Waals surface area contributed by atoms with Crippen molar-refractivity contribution in [2.45, 2.75) is 6.61 Å². The fourth-order valence-corrected chi connectivity index (χ4v) is 4.56. The zero-order valence-electron chi connectivity index (χ0n) is 15.8. The molecule has 0 saturated carbocycles. The van der Waals surface area contributed by atoms with Crippen LogP contribution in [0.1, 0.15) is 11.1 Å². The number of para-hydroxylation sites is 1. The Bertz CT molecular complexity index is 1170. The normalized spacial score (nSPS) is 11.0. The Morgan fingerprint density at radius 3 is 2.58 bits per heavy atom. The highest BCUT2D eigenvalue weighted by molar-refractivity contribution is 14.1. The summed E-state index contributed by atoms with van der Waals surface area (Å²) in [6.07, 6.45) is 1.49. The first kappa shape index (κ1) is 23.3. The lowest BCUT2D eigenvalue weighted by Crippen LogP contribution is -2.13. The van der Waals surface area contributed by atoms with Gasteiger partial charge in [-0.1, -0.05) is 35.9 Å². The quantitative estimate of drug-likeness (QED) is 0.186. The van der Waals surface area contributed by atoms with Crippen molar-refractivity contribution in [3.8, 4) is 11.8 Å². The molecule has 0 aliphatic heterocycles. The second kappa shape index (κ2) is 10.8. The number of carbonyl (C=O) groups excluding carboxylic acids is 1. The Hall–Kier alpha value is -2.41. The largest absolute Gasteiger partial charge is 0.487 e. The fourth-order valence-electron chi connectivity index (χ4n) is 2.60. The highest BCUT2D eigenvalue weighted by Gasteiger charge is 2.14. The van der Waals surface area contributed by atoms with Crippen LogP contribution in [0.5, 0.6) is 5.75 Å². The number of hydrogen-bond donors (Lipinski definition) is 1. The van der Waals surface area contributed by atoms with Gasteiger partial charge in [0.1, 0.15) is 29.8 Å². The first-order valence-electron chi connectivity index (χ1n) is 8.91. The SMILES string of the molecule is N#C/C(=C\c1cc(Br)c(OCc2ccc(F)cc2)c(I)c1)C(=O)Nc1ccccc1Cl. The van der Waals surface area contributed by atoms with E-state index in [1.54, 1.807) is 48.5 Å². The number of nitrogens with one attached hydrogen (secondary N) is 1. The third-order valence-electron chi connectivity index (χ3n) is 4.12. The van der Waals surface area contributed by atoms with E-state index >= 15 is 0 Å². The summed E-state index contributed by atoms with van der Waals surface area (Å²) in [5.74, 6) is -0.248. The van der Waals surface area contributed by atoms with Gasteiger partial charge in [0.15, 0.2) is 0 Å². The monoisotopic (exact) mass is 610 g/mol. The summed E-state index contributed by atoms with van der Waals surface area (Å²) in [5.41, 5.74) is 1.84. The molecule has 3 aromatic rings. The maximum Gasteiger partial charge on any atom is 0.266 e. The second-order valence-electron chi connectivity index (χ2n) is 6.33. The van der Waals surface area contributed by atoms with Crippen molar-refractivity contribution in [2.75, 3.05) is 5.32 Å². The van der Waals surface area contributed by atoms with Crippen LogP contribution in [0.15, 0.2) is 70.7 Å². The van der Waals surface area contributed by atoms with Crippen LogP contribution in [0.3, 0.4) is 0 Å². The molecule has 0 radical (unpaired) electrons. The Balaban J connectivity index is 1.78. The predicted octanol–water partition coefficient (Wildman–Crippen LogP) is 6.97. The highest BCUT2D eigenvalue weighted by atomic mass is 127. The molecule has 1 N–H and O–H groups in total. The van der Waals surface area contributed by atoms with Crippen molar-refractivity contribution in [2.24, 2.45) is 0 Å². The summed E-state index contributed by atoms with van der Waals surface area (Å²) in [7, 11) is 0. The van der Waals surface area contributed by atoms with E-state index in [1.807, 2.05) is 6.07 Å². The van der Waals surface area contributed by atoms with Gasteiger partial charge in [-0.15, -0.1) is 0 Å². The van der Waals surface area contributed by atoms with E-state index in [-0.39, 0.29) is 18.0 Å². The Labute approximate surface area is 205 Å². The number of carbonyl (C=O) groups is 1. The number of anilines is 1. The molecule has 0 aliphatic rings. The van der Waals surface area contributed by atoms with Gasteiger partial charge in [0.25, 0.3) is 5.91 Å². The molecule has 0 saturated heterocycles. The van der Waals surface area contributed by atoms with Crippen molar-refractivity contribution in [3.05, 3.63) is 96.2 Å². The lowest BCUT2D eigenvalue weighted by molar-refractivity contribution is -0.112. The Morgan fingerprint density at radius 2 is 1.94 bits per heavy atom. The molecule has 0 aromatic heterocycles. The van der Waals surface area contributed by atoms with Gasteiger partial charge in [0.05, 0.1) is 18.8 Å². The number of nitrogens with zero attached hydrogens (tertiary/aromatic N) is 1. The maximum atomic E-state index is 13.0. The van der Waals surface area contributed by atoms with E-state index in [2.05, 4.69) is 43.8 Å². The summed E-state index contributed by atoms with van der Waals surface area (Å²) < 4.78 is 20.3. The van der Waals surface area contributed by atoms with Gasteiger partial charge >= 0.3 is 0 Å². The summed E-state index contributed by atoms with van der Waals surface area (Å²) in [4.78, 5) is 12.5. The number of ether oxygens (including phenoxy) is 1. The molecule has 1 amide bonds. The minimum atomic E-state index is -0.557. The first-order valence-corrected chi connectivity index (χ1v) is 11.2. The lowest BCUT2D eigenvalue weighted by Gasteiger charge is -2.12. The van der Waals surface area contributed by atoms with Crippen LogP contribution >= 0.6 is 50.1 Å². The van der Waals surface area contributed by atoms with Crippen LogP contribution in [0, 0.1) is 20.7 Å². The molecule has 156 valence electrons. The number of amides is 1. The van der Waals surface area contributed by atoms with Crippen LogP contribution in [-0.4, -0.2) is 5.91 Å². The van der Waals surface area contributed by atoms with Gasteiger partial charge in [0, 0.05) is 0 Å². The minimum absolute atomic E-state index is 0.0670. The molecule has 0 fully saturated rings. The van der Waals surface area contributed by atoms with Crippen molar-refractivity contribution in [1.29, 1.82) is 5.26 Å². The lowest BCUT2D eigenvalue weighted by atomic mass is 10.1. The molecule has 31 heavy (non-hydrogen) atoms. The molecular weight excluding hydrogens is 598 g/mol. The average Bonchev–Trinajstić information content (AvgIpc) is 2.74. The van der Waals surface area contributed by atoms with Gasteiger partial charge in [0.2, 0.25) is 0 Å². The Morgan fingerprint density at radius 1 is 1.23 bits per heavy atom. The van der Waals surface area contributed by atoms with Crippen LogP contribution < -0.4 is 10.1 Å². The summed E-state index contributed by atoms with van der Waals surface area (Å²) in [6.45, 7) is 0.272. The van der Waals surface area contributed by atoms with Gasteiger partial charge in [-0.05, 0) is 92.1 Å². The highest BCUT2D eigenvalue weighted by Crippen LogP contribution is 2.33. The molecule has 0 aliphatic carbocycles. The first-order chi connectivity index (χ1) is 14.9. The topological polar surface area (TPSA) is 62.1 Å². The van der Waals surface area contributed by atoms with E-state index in [4.69, 9.17) is 16.3 Å². The second-order valence-corrected chi connectivity index (χ2v) is 8.76. The zero-order valence-corrected chi connectivity index (χ0v) is 20.3. The molecule has 0 bridgehead atoms. The van der Waals surface area contributed by atoms with E-state index < -0.39 is 5.91 Å². The average molecular weight is 612 g/mol. The molecular formula is C23H14BrClFIN2O2. The minimum Gasteiger partial charge on any atom is -0.487 e. The van der Waals surface area contributed by atoms with Crippen molar-refractivity contribution >= 4 is 67.8 Å².